The number of rotatable bonds is 13. The minimum Gasteiger partial charge on any atom is -0.497 e. The van der Waals surface area contributed by atoms with Gasteiger partial charge in [0.1, 0.15) is 11.8 Å². The van der Waals surface area contributed by atoms with E-state index in [2.05, 4.69) is 12.2 Å². The van der Waals surface area contributed by atoms with Crippen molar-refractivity contribution in [1.29, 1.82) is 0 Å². The van der Waals surface area contributed by atoms with Crippen LogP contribution in [0.4, 0.5) is 0 Å². The average Bonchev–Trinajstić information content (AvgIpc) is 2.90. The molecule has 0 saturated carbocycles. The number of amides is 2. The Hall–Kier alpha value is -3.25. The first-order chi connectivity index (χ1) is 17.1. The highest BCUT2D eigenvalue weighted by atomic mass is 32.2. The normalized spacial score (nSPS) is 11.5. The first kappa shape index (κ1) is 26.4. The van der Waals surface area contributed by atoms with Gasteiger partial charge in [0, 0.05) is 24.4 Å². The van der Waals surface area contributed by atoms with Crippen molar-refractivity contribution in [2.45, 2.75) is 43.7 Å². The second-order valence-corrected chi connectivity index (χ2v) is 9.37. The van der Waals surface area contributed by atoms with Crippen LogP contribution in [-0.2, 0) is 22.6 Å². The Balaban J connectivity index is 1.89. The zero-order chi connectivity index (χ0) is 24.9. The van der Waals surface area contributed by atoms with E-state index in [1.165, 1.54) is 11.8 Å². The Kier molecular flexibility index (Phi) is 10.7. The number of methoxy groups -OCH3 is 1. The minimum absolute atomic E-state index is 0.0757. The monoisotopic (exact) mass is 490 g/mol. The van der Waals surface area contributed by atoms with E-state index in [1.54, 1.807) is 12.0 Å². The number of carbonyl (C=O) groups excluding carboxylic acids is 2. The quantitative estimate of drug-likeness (QED) is 0.259. The van der Waals surface area contributed by atoms with Crippen LogP contribution in [0.25, 0.3) is 0 Å². The molecule has 0 fully saturated rings. The third-order valence-corrected chi connectivity index (χ3v) is 6.69. The van der Waals surface area contributed by atoms with Crippen LogP contribution in [0.1, 0.15) is 30.9 Å². The molecule has 3 aromatic carbocycles. The zero-order valence-corrected chi connectivity index (χ0v) is 21.3. The maximum Gasteiger partial charge on any atom is 0.243 e. The fourth-order valence-electron chi connectivity index (χ4n) is 3.77. The van der Waals surface area contributed by atoms with Crippen LogP contribution in [-0.4, -0.2) is 42.2 Å². The van der Waals surface area contributed by atoms with Crippen LogP contribution in [0.3, 0.4) is 0 Å². The maximum atomic E-state index is 13.6. The van der Waals surface area contributed by atoms with Crippen LogP contribution >= 0.6 is 11.8 Å². The standard InChI is InChI=1S/C29H34N2O3S/c1-3-4-18-30-29(33)27(20-23-12-7-5-8-13-23)31(21-24-14-11-15-25(19-24)34-2)28(32)22-35-26-16-9-6-10-17-26/h5-17,19,27H,3-4,18,20-22H2,1-2H3,(H,30,33)/t27-/m0/s1. The Morgan fingerprint density at radius 3 is 2.31 bits per heavy atom. The summed E-state index contributed by atoms with van der Waals surface area (Å²) in [7, 11) is 1.62. The molecule has 3 aromatic rings. The number of nitrogens with one attached hydrogen (secondary N) is 1. The lowest BCUT2D eigenvalue weighted by atomic mass is 10.0. The van der Waals surface area contributed by atoms with E-state index in [-0.39, 0.29) is 17.6 Å². The first-order valence-corrected chi connectivity index (χ1v) is 13.0. The third-order valence-electron chi connectivity index (χ3n) is 5.69. The lowest BCUT2D eigenvalue weighted by molar-refractivity contribution is -0.139. The van der Waals surface area contributed by atoms with Gasteiger partial charge in [-0.15, -0.1) is 11.8 Å². The summed E-state index contributed by atoms with van der Waals surface area (Å²) in [6.07, 6.45) is 2.34. The molecule has 2 amide bonds. The summed E-state index contributed by atoms with van der Waals surface area (Å²) >= 11 is 1.48. The number of hydrogen-bond acceptors (Lipinski definition) is 4. The van der Waals surface area contributed by atoms with E-state index in [0.717, 1.165) is 34.6 Å². The number of hydrogen-bond donors (Lipinski definition) is 1. The average molecular weight is 491 g/mol. The van der Waals surface area contributed by atoms with Crippen molar-refractivity contribution < 1.29 is 14.3 Å². The van der Waals surface area contributed by atoms with Gasteiger partial charge in [0.15, 0.2) is 0 Å². The predicted molar refractivity (Wildman–Crippen MR) is 143 cm³/mol. The fourth-order valence-corrected chi connectivity index (χ4v) is 4.58. The van der Waals surface area contributed by atoms with Crippen LogP contribution in [0.15, 0.2) is 89.8 Å². The highest BCUT2D eigenvalue weighted by Gasteiger charge is 2.30. The molecule has 1 atom stereocenters. The molecule has 0 spiro atoms. The third kappa shape index (κ3) is 8.48. The summed E-state index contributed by atoms with van der Waals surface area (Å²) in [6.45, 7) is 3.01. The number of benzene rings is 3. The van der Waals surface area contributed by atoms with Gasteiger partial charge in [-0.1, -0.05) is 74.0 Å². The van der Waals surface area contributed by atoms with Crippen LogP contribution in [0.5, 0.6) is 5.75 Å². The zero-order valence-electron chi connectivity index (χ0n) is 20.5. The molecule has 1 N–H and O–H groups in total. The van der Waals surface area contributed by atoms with Gasteiger partial charge < -0.3 is 15.0 Å². The van der Waals surface area contributed by atoms with Crippen molar-refractivity contribution in [2.75, 3.05) is 19.4 Å². The number of unbranched alkanes of at least 4 members (excludes halogenated alkanes) is 1. The first-order valence-electron chi connectivity index (χ1n) is 12.0. The topological polar surface area (TPSA) is 58.6 Å². The van der Waals surface area contributed by atoms with Crippen molar-refractivity contribution >= 4 is 23.6 Å². The van der Waals surface area contributed by atoms with Gasteiger partial charge in [-0.3, -0.25) is 9.59 Å². The number of carbonyl (C=O) groups is 2. The minimum atomic E-state index is -0.621. The molecule has 0 heterocycles. The van der Waals surface area contributed by atoms with Gasteiger partial charge in [0.2, 0.25) is 11.8 Å². The summed E-state index contributed by atoms with van der Waals surface area (Å²) in [5.74, 6) is 0.777. The van der Waals surface area contributed by atoms with Gasteiger partial charge >= 0.3 is 0 Å². The van der Waals surface area contributed by atoms with E-state index >= 15 is 0 Å². The van der Waals surface area contributed by atoms with E-state index in [9.17, 15) is 9.59 Å². The number of thioether (sulfide) groups is 1. The summed E-state index contributed by atoms with van der Waals surface area (Å²) in [6, 6.07) is 26.8. The Morgan fingerprint density at radius 2 is 1.63 bits per heavy atom. The summed E-state index contributed by atoms with van der Waals surface area (Å²) < 4.78 is 5.38. The van der Waals surface area contributed by atoms with Crippen LogP contribution in [0.2, 0.25) is 0 Å². The van der Waals surface area contributed by atoms with Crippen molar-refractivity contribution in [3.05, 3.63) is 96.1 Å². The Morgan fingerprint density at radius 1 is 0.943 bits per heavy atom. The fraction of sp³-hybridized carbons (Fsp3) is 0.310. The lowest BCUT2D eigenvalue weighted by Gasteiger charge is -2.31. The van der Waals surface area contributed by atoms with Crippen molar-refractivity contribution in [2.24, 2.45) is 0 Å². The second kappa shape index (κ2) is 14.2. The van der Waals surface area contributed by atoms with Gasteiger partial charge in [0.25, 0.3) is 0 Å². The summed E-state index contributed by atoms with van der Waals surface area (Å²) in [5, 5.41) is 3.06. The molecule has 5 nitrogen and oxygen atoms in total. The molecule has 0 radical (unpaired) electrons. The van der Waals surface area contributed by atoms with E-state index in [0.29, 0.717) is 19.5 Å². The Bertz CT molecular complexity index is 1060. The second-order valence-electron chi connectivity index (χ2n) is 8.32. The highest BCUT2D eigenvalue weighted by Crippen LogP contribution is 2.22. The van der Waals surface area contributed by atoms with Crippen molar-refractivity contribution in [1.82, 2.24) is 10.2 Å². The molecule has 35 heavy (non-hydrogen) atoms. The lowest BCUT2D eigenvalue weighted by Crippen LogP contribution is -2.51. The van der Waals surface area contributed by atoms with Gasteiger partial charge in [-0.05, 0) is 41.8 Å². The largest absolute Gasteiger partial charge is 0.497 e. The molecule has 3 rings (SSSR count). The summed E-state index contributed by atoms with van der Waals surface area (Å²) in [5.41, 5.74) is 1.93. The molecule has 184 valence electrons. The number of ether oxygens (including phenoxy) is 1. The van der Waals surface area contributed by atoms with Crippen molar-refractivity contribution in [3.8, 4) is 5.75 Å². The van der Waals surface area contributed by atoms with Gasteiger partial charge in [-0.25, -0.2) is 0 Å². The molecule has 6 heteroatoms. The van der Waals surface area contributed by atoms with Crippen molar-refractivity contribution in [3.63, 3.8) is 0 Å². The maximum absolute atomic E-state index is 13.6. The van der Waals surface area contributed by atoms with E-state index in [1.807, 2.05) is 84.9 Å². The van der Waals surface area contributed by atoms with Crippen LogP contribution in [0, 0.1) is 0 Å². The van der Waals surface area contributed by atoms with E-state index < -0.39 is 6.04 Å². The molecule has 0 aromatic heterocycles. The molecule has 0 aliphatic rings. The van der Waals surface area contributed by atoms with Gasteiger partial charge in [0.05, 0.1) is 12.9 Å². The summed E-state index contributed by atoms with van der Waals surface area (Å²) in [4.78, 5) is 29.8. The molecular formula is C29H34N2O3S. The molecule has 0 aliphatic heterocycles. The van der Waals surface area contributed by atoms with Crippen LogP contribution < -0.4 is 10.1 Å². The Labute approximate surface area is 212 Å². The molecule has 0 saturated heterocycles. The molecule has 0 bridgehead atoms. The predicted octanol–water partition coefficient (Wildman–Crippen LogP) is 5.34. The molecular weight excluding hydrogens is 456 g/mol. The highest BCUT2D eigenvalue weighted by molar-refractivity contribution is 8.00. The van der Waals surface area contributed by atoms with E-state index in [4.69, 9.17) is 4.74 Å². The smallest absolute Gasteiger partial charge is 0.243 e. The van der Waals surface area contributed by atoms with Gasteiger partial charge in [-0.2, -0.15) is 0 Å². The SMILES string of the molecule is CCCCNC(=O)[C@H](Cc1ccccc1)N(Cc1cccc(OC)c1)C(=O)CSc1ccccc1. The molecule has 0 aliphatic carbocycles. The molecule has 0 unspecified atom stereocenters. The number of nitrogens with zero attached hydrogens (tertiary/aromatic N) is 1.